The van der Waals surface area contributed by atoms with E-state index in [4.69, 9.17) is 14.2 Å². The van der Waals surface area contributed by atoms with Crippen molar-refractivity contribution in [1.29, 1.82) is 0 Å². The highest BCUT2D eigenvalue weighted by atomic mass is 16.5. The summed E-state index contributed by atoms with van der Waals surface area (Å²) in [6, 6.07) is 0. The van der Waals surface area contributed by atoms with E-state index >= 15 is 0 Å². The summed E-state index contributed by atoms with van der Waals surface area (Å²) in [5.74, 6) is 0.649. The van der Waals surface area contributed by atoms with Crippen molar-refractivity contribution in [3.8, 4) is 0 Å². The molecule has 0 heterocycles. The Labute approximate surface area is 110 Å². The first-order valence-electron chi connectivity index (χ1n) is 6.60. The Morgan fingerprint density at radius 2 is 1.44 bits per heavy atom. The number of ether oxygens (including phenoxy) is 3. The van der Waals surface area contributed by atoms with Crippen molar-refractivity contribution in [3.05, 3.63) is 0 Å². The molecule has 0 saturated carbocycles. The van der Waals surface area contributed by atoms with Crippen LogP contribution in [-0.4, -0.2) is 52.1 Å². The highest BCUT2D eigenvalue weighted by Gasteiger charge is 1.95. The number of amides is 1. The van der Waals surface area contributed by atoms with Crippen LogP contribution in [-0.2, 0) is 19.0 Å². The lowest BCUT2D eigenvalue weighted by atomic mass is 10.1. The maximum absolute atomic E-state index is 10.5. The van der Waals surface area contributed by atoms with Crippen LogP contribution in [0.5, 0.6) is 0 Å². The lowest BCUT2D eigenvalue weighted by molar-refractivity contribution is -0.119. The second-order valence-electron chi connectivity index (χ2n) is 4.50. The van der Waals surface area contributed by atoms with Gasteiger partial charge in [-0.1, -0.05) is 13.8 Å². The van der Waals surface area contributed by atoms with Gasteiger partial charge in [0, 0.05) is 20.1 Å². The van der Waals surface area contributed by atoms with Gasteiger partial charge in [-0.25, -0.2) is 0 Å². The molecule has 5 heteroatoms. The van der Waals surface area contributed by atoms with E-state index < -0.39 is 0 Å². The lowest BCUT2D eigenvalue weighted by Gasteiger charge is -2.08. The van der Waals surface area contributed by atoms with Crippen LogP contribution in [0.25, 0.3) is 0 Å². The van der Waals surface area contributed by atoms with Gasteiger partial charge in [-0.2, -0.15) is 0 Å². The van der Waals surface area contributed by atoms with Crippen LogP contribution in [0.15, 0.2) is 0 Å². The molecule has 0 aliphatic rings. The van der Waals surface area contributed by atoms with Crippen LogP contribution in [0.2, 0.25) is 0 Å². The van der Waals surface area contributed by atoms with Gasteiger partial charge in [-0.05, 0) is 12.3 Å². The zero-order valence-electron chi connectivity index (χ0n) is 11.9. The molecule has 18 heavy (non-hydrogen) atoms. The third-order valence-corrected chi connectivity index (χ3v) is 2.20. The maximum Gasteiger partial charge on any atom is 0.216 e. The van der Waals surface area contributed by atoms with Gasteiger partial charge in [0.1, 0.15) is 0 Å². The molecule has 0 rings (SSSR count). The fourth-order valence-electron chi connectivity index (χ4n) is 1.16. The standard InChI is InChI=1S/C13H27NO4/c1-12(2)4-6-16-8-10-18-11-9-17-7-5-14-13(3)15/h12H,4-11H2,1-3H3,(H,14,15). The SMILES string of the molecule is CC(=O)NCCOCCOCCOCCC(C)C. The van der Waals surface area contributed by atoms with Crippen molar-refractivity contribution < 1.29 is 19.0 Å². The van der Waals surface area contributed by atoms with Gasteiger partial charge in [0.25, 0.3) is 0 Å². The first-order chi connectivity index (χ1) is 8.63. The predicted molar refractivity (Wildman–Crippen MR) is 70.6 cm³/mol. The molecule has 0 aromatic carbocycles. The van der Waals surface area contributed by atoms with E-state index in [9.17, 15) is 4.79 Å². The van der Waals surface area contributed by atoms with Crippen molar-refractivity contribution in [2.45, 2.75) is 27.2 Å². The normalized spacial score (nSPS) is 10.9. The molecule has 0 aliphatic heterocycles. The summed E-state index contributed by atoms with van der Waals surface area (Å²) in [6.07, 6.45) is 1.09. The molecule has 0 aromatic rings. The van der Waals surface area contributed by atoms with Gasteiger partial charge < -0.3 is 19.5 Å². The fraction of sp³-hybridized carbons (Fsp3) is 0.923. The molecule has 0 atom stereocenters. The molecular weight excluding hydrogens is 234 g/mol. The second kappa shape index (κ2) is 12.8. The zero-order chi connectivity index (χ0) is 13.6. The average molecular weight is 261 g/mol. The van der Waals surface area contributed by atoms with Crippen LogP contribution >= 0.6 is 0 Å². The lowest BCUT2D eigenvalue weighted by Crippen LogP contribution is -2.25. The quantitative estimate of drug-likeness (QED) is 0.537. The van der Waals surface area contributed by atoms with Crippen molar-refractivity contribution >= 4 is 5.91 Å². The molecule has 0 saturated heterocycles. The topological polar surface area (TPSA) is 56.8 Å². The molecular formula is C13H27NO4. The van der Waals surface area contributed by atoms with E-state index in [1.165, 1.54) is 6.92 Å². The van der Waals surface area contributed by atoms with Gasteiger partial charge in [-0.15, -0.1) is 0 Å². The van der Waals surface area contributed by atoms with E-state index in [2.05, 4.69) is 19.2 Å². The number of carbonyl (C=O) groups is 1. The van der Waals surface area contributed by atoms with E-state index in [0.29, 0.717) is 45.5 Å². The van der Waals surface area contributed by atoms with Gasteiger partial charge >= 0.3 is 0 Å². The first-order valence-corrected chi connectivity index (χ1v) is 6.60. The van der Waals surface area contributed by atoms with Crippen molar-refractivity contribution in [2.24, 2.45) is 5.92 Å². The van der Waals surface area contributed by atoms with E-state index in [1.54, 1.807) is 0 Å². The molecule has 0 aliphatic carbocycles. The number of nitrogens with one attached hydrogen (secondary N) is 1. The zero-order valence-corrected chi connectivity index (χ0v) is 11.9. The fourth-order valence-corrected chi connectivity index (χ4v) is 1.16. The van der Waals surface area contributed by atoms with Gasteiger partial charge in [-0.3, -0.25) is 4.79 Å². The molecule has 0 radical (unpaired) electrons. The molecule has 108 valence electrons. The smallest absolute Gasteiger partial charge is 0.216 e. The molecule has 1 amide bonds. The van der Waals surface area contributed by atoms with Crippen molar-refractivity contribution in [1.82, 2.24) is 5.32 Å². The highest BCUT2D eigenvalue weighted by molar-refractivity contribution is 5.72. The largest absolute Gasteiger partial charge is 0.379 e. The Hall–Kier alpha value is -0.650. The summed E-state index contributed by atoms with van der Waals surface area (Å²) < 4.78 is 16.0. The summed E-state index contributed by atoms with van der Waals surface area (Å²) in [5.41, 5.74) is 0. The van der Waals surface area contributed by atoms with Gasteiger partial charge in [0.05, 0.1) is 33.0 Å². The van der Waals surface area contributed by atoms with Crippen molar-refractivity contribution in [2.75, 3.05) is 46.2 Å². The van der Waals surface area contributed by atoms with E-state index in [0.717, 1.165) is 13.0 Å². The highest BCUT2D eigenvalue weighted by Crippen LogP contribution is 1.98. The summed E-state index contributed by atoms with van der Waals surface area (Å²) >= 11 is 0. The van der Waals surface area contributed by atoms with Crippen LogP contribution in [0, 0.1) is 5.92 Å². The number of hydrogen-bond acceptors (Lipinski definition) is 4. The van der Waals surface area contributed by atoms with E-state index in [1.807, 2.05) is 0 Å². The summed E-state index contributed by atoms with van der Waals surface area (Å²) in [5, 5.41) is 2.66. The maximum atomic E-state index is 10.5. The average Bonchev–Trinajstić information content (AvgIpc) is 2.29. The molecule has 0 bridgehead atoms. The Morgan fingerprint density at radius 1 is 0.944 bits per heavy atom. The summed E-state index contributed by atoms with van der Waals surface area (Å²) in [6.45, 7) is 10.1. The molecule has 0 fully saturated rings. The van der Waals surface area contributed by atoms with Crippen molar-refractivity contribution in [3.63, 3.8) is 0 Å². The minimum absolute atomic E-state index is 0.0339. The van der Waals surface area contributed by atoms with E-state index in [-0.39, 0.29) is 5.91 Å². The molecule has 0 aromatic heterocycles. The third kappa shape index (κ3) is 15.4. The first kappa shape index (κ1) is 17.4. The summed E-state index contributed by atoms with van der Waals surface area (Å²) in [4.78, 5) is 10.5. The predicted octanol–water partition coefficient (Wildman–Crippen LogP) is 1.22. The van der Waals surface area contributed by atoms with Gasteiger partial charge in [0.15, 0.2) is 0 Å². The second-order valence-corrected chi connectivity index (χ2v) is 4.50. The monoisotopic (exact) mass is 261 g/mol. The van der Waals surface area contributed by atoms with Crippen LogP contribution in [0.1, 0.15) is 27.2 Å². The minimum atomic E-state index is -0.0339. The van der Waals surface area contributed by atoms with Crippen LogP contribution < -0.4 is 5.32 Å². The Kier molecular flexibility index (Phi) is 12.3. The minimum Gasteiger partial charge on any atom is -0.379 e. The summed E-state index contributed by atoms with van der Waals surface area (Å²) in [7, 11) is 0. The molecule has 0 unspecified atom stereocenters. The molecule has 5 nitrogen and oxygen atoms in total. The Bertz CT molecular complexity index is 197. The number of hydrogen-bond donors (Lipinski definition) is 1. The molecule has 1 N–H and O–H groups in total. The number of carbonyl (C=O) groups excluding carboxylic acids is 1. The number of rotatable bonds is 12. The van der Waals surface area contributed by atoms with Crippen LogP contribution in [0.3, 0.4) is 0 Å². The van der Waals surface area contributed by atoms with Crippen LogP contribution in [0.4, 0.5) is 0 Å². The Morgan fingerprint density at radius 3 is 1.94 bits per heavy atom. The third-order valence-electron chi connectivity index (χ3n) is 2.20. The molecule has 0 spiro atoms. The Balaban J connectivity index is 2.97. The van der Waals surface area contributed by atoms with Gasteiger partial charge in [0.2, 0.25) is 5.91 Å².